The normalized spacial score (nSPS) is 30.9. The summed E-state index contributed by atoms with van der Waals surface area (Å²) in [7, 11) is 0. The van der Waals surface area contributed by atoms with Gasteiger partial charge in [-0.15, -0.1) is 0 Å². The quantitative estimate of drug-likeness (QED) is 0.877. The molecule has 1 aromatic carbocycles. The maximum Gasteiger partial charge on any atom is 0.243 e. The fourth-order valence-corrected chi connectivity index (χ4v) is 3.40. The van der Waals surface area contributed by atoms with Crippen LogP contribution in [-0.4, -0.2) is 11.4 Å². The third kappa shape index (κ3) is 3.09. The molecule has 1 amide bonds. The van der Waals surface area contributed by atoms with Crippen molar-refractivity contribution in [2.24, 2.45) is 17.6 Å². The van der Waals surface area contributed by atoms with Crippen LogP contribution < -0.4 is 11.1 Å². The van der Waals surface area contributed by atoms with E-state index in [2.05, 4.69) is 26.1 Å². The molecule has 0 spiro atoms. The summed E-state index contributed by atoms with van der Waals surface area (Å²) in [6.45, 7) is 6.45. The zero-order valence-electron chi connectivity index (χ0n) is 12.1. The highest BCUT2D eigenvalue weighted by Crippen LogP contribution is 2.38. The molecule has 0 aliphatic heterocycles. The Hall–Kier alpha value is -1.51. The number of amides is 1. The molecule has 104 valence electrons. The molecule has 1 fully saturated rings. The number of benzene rings is 1. The number of rotatable bonds is 3. The van der Waals surface area contributed by atoms with Crippen molar-refractivity contribution in [1.29, 1.82) is 0 Å². The van der Waals surface area contributed by atoms with E-state index in [0.717, 1.165) is 18.5 Å². The van der Waals surface area contributed by atoms with Gasteiger partial charge in [-0.1, -0.05) is 31.5 Å². The Balaban J connectivity index is 2.24. The molecule has 2 atom stereocenters. The Morgan fingerprint density at radius 1 is 1.21 bits per heavy atom. The highest BCUT2D eigenvalue weighted by atomic mass is 16.1. The molecular weight excluding hydrogens is 236 g/mol. The van der Waals surface area contributed by atoms with Crippen LogP contribution in [0.25, 0.3) is 0 Å². The zero-order valence-corrected chi connectivity index (χ0v) is 12.1. The van der Waals surface area contributed by atoms with Gasteiger partial charge >= 0.3 is 0 Å². The lowest BCUT2D eigenvalue weighted by Crippen LogP contribution is -2.54. The smallest absolute Gasteiger partial charge is 0.243 e. The van der Waals surface area contributed by atoms with Crippen molar-refractivity contribution in [3.63, 3.8) is 0 Å². The first kappa shape index (κ1) is 13.9. The fraction of sp³-hybridized carbons (Fsp3) is 0.562. The SMILES string of the molecule is Cc1ccc(NC2(C(N)=O)CC(C)CC(C)C2)cc1. The van der Waals surface area contributed by atoms with Gasteiger partial charge in [0.15, 0.2) is 0 Å². The summed E-state index contributed by atoms with van der Waals surface area (Å²) in [4.78, 5) is 12.0. The molecule has 1 saturated carbocycles. The van der Waals surface area contributed by atoms with E-state index in [1.165, 1.54) is 12.0 Å². The number of aryl methyl sites for hydroxylation is 1. The van der Waals surface area contributed by atoms with E-state index in [1.807, 2.05) is 24.3 Å². The molecular formula is C16H24N2O. The van der Waals surface area contributed by atoms with E-state index in [9.17, 15) is 4.79 Å². The van der Waals surface area contributed by atoms with Gasteiger partial charge in [0, 0.05) is 5.69 Å². The van der Waals surface area contributed by atoms with Crippen LogP contribution >= 0.6 is 0 Å². The standard InChI is InChI=1S/C16H24N2O/c1-11-4-6-14(7-5-11)18-16(15(17)19)9-12(2)8-13(3)10-16/h4-7,12-13,18H,8-10H2,1-3H3,(H2,17,19). The summed E-state index contributed by atoms with van der Waals surface area (Å²) >= 11 is 0. The number of primary amides is 1. The maximum atomic E-state index is 12.0. The van der Waals surface area contributed by atoms with Crippen LogP contribution in [0.3, 0.4) is 0 Å². The Kier molecular flexibility index (Phi) is 3.83. The summed E-state index contributed by atoms with van der Waals surface area (Å²) in [6, 6.07) is 8.13. The van der Waals surface area contributed by atoms with Crippen molar-refractivity contribution in [2.45, 2.75) is 45.6 Å². The molecule has 3 nitrogen and oxygen atoms in total. The number of hydrogen-bond acceptors (Lipinski definition) is 2. The number of anilines is 1. The molecule has 0 aromatic heterocycles. The van der Waals surface area contributed by atoms with E-state index in [0.29, 0.717) is 11.8 Å². The molecule has 0 saturated heterocycles. The van der Waals surface area contributed by atoms with Crippen molar-refractivity contribution in [2.75, 3.05) is 5.32 Å². The van der Waals surface area contributed by atoms with Crippen molar-refractivity contribution in [1.82, 2.24) is 0 Å². The number of nitrogens with one attached hydrogen (secondary N) is 1. The first-order chi connectivity index (χ1) is 8.91. The second-order valence-electron chi connectivity index (χ2n) is 6.29. The monoisotopic (exact) mass is 260 g/mol. The first-order valence-corrected chi connectivity index (χ1v) is 7.06. The zero-order chi connectivity index (χ0) is 14.0. The Morgan fingerprint density at radius 3 is 2.21 bits per heavy atom. The number of carbonyl (C=O) groups excluding carboxylic acids is 1. The minimum Gasteiger partial charge on any atom is -0.371 e. The summed E-state index contributed by atoms with van der Waals surface area (Å²) in [5.41, 5.74) is 7.30. The summed E-state index contributed by atoms with van der Waals surface area (Å²) < 4.78 is 0. The predicted molar refractivity (Wildman–Crippen MR) is 78.9 cm³/mol. The van der Waals surface area contributed by atoms with Crippen LogP contribution in [0.4, 0.5) is 5.69 Å². The van der Waals surface area contributed by atoms with Crippen molar-refractivity contribution >= 4 is 11.6 Å². The molecule has 19 heavy (non-hydrogen) atoms. The molecule has 1 aliphatic rings. The average molecular weight is 260 g/mol. The van der Waals surface area contributed by atoms with E-state index in [-0.39, 0.29) is 5.91 Å². The van der Waals surface area contributed by atoms with Crippen molar-refractivity contribution in [3.8, 4) is 0 Å². The average Bonchev–Trinajstić information content (AvgIpc) is 2.30. The highest BCUT2D eigenvalue weighted by Gasteiger charge is 2.42. The minimum atomic E-state index is -0.591. The van der Waals surface area contributed by atoms with Crippen molar-refractivity contribution < 1.29 is 4.79 Å². The molecule has 0 heterocycles. The van der Waals surface area contributed by atoms with Crippen molar-refractivity contribution in [3.05, 3.63) is 29.8 Å². The second-order valence-corrected chi connectivity index (χ2v) is 6.29. The fourth-order valence-electron chi connectivity index (χ4n) is 3.40. The minimum absolute atomic E-state index is 0.230. The van der Waals surface area contributed by atoms with Gasteiger partial charge in [-0.05, 0) is 50.2 Å². The number of hydrogen-bond donors (Lipinski definition) is 2. The molecule has 1 aromatic rings. The van der Waals surface area contributed by atoms with E-state index in [1.54, 1.807) is 0 Å². The second kappa shape index (κ2) is 5.24. The third-order valence-electron chi connectivity index (χ3n) is 4.11. The predicted octanol–water partition coefficient (Wildman–Crippen LogP) is 3.09. The van der Waals surface area contributed by atoms with Gasteiger partial charge in [-0.25, -0.2) is 0 Å². The molecule has 3 heteroatoms. The van der Waals surface area contributed by atoms with E-state index >= 15 is 0 Å². The molecule has 0 radical (unpaired) electrons. The summed E-state index contributed by atoms with van der Waals surface area (Å²) in [6.07, 6.45) is 2.81. The van der Waals surface area contributed by atoms with Gasteiger partial charge in [0.2, 0.25) is 5.91 Å². The molecule has 0 bridgehead atoms. The van der Waals surface area contributed by atoms with Crippen LogP contribution in [0.5, 0.6) is 0 Å². The Bertz CT molecular complexity index is 442. The Morgan fingerprint density at radius 2 is 1.74 bits per heavy atom. The third-order valence-corrected chi connectivity index (χ3v) is 4.11. The van der Waals surface area contributed by atoms with E-state index < -0.39 is 5.54 Å². The van der Waals surface area contributed by atoms with Crippen LogP contribution in [0, 0.1) is 18.8 Å². The molecule has 1 aliphatic carbocycles. The van der Waals surface area contributed by atoms with E-state index in [4.69, 9.17) is 5.73 Å². The van der Waals surface area contributed by atoms with Gasteiger partial charge in [-0.3, -0.25) is 4.79 Å². The highest BCUT2D eigenvalue weighted by molar-refractivity contribution is 5.88. The first-order valence-electron chi connectivity index (χ1n) is 7.06. The maximum absolute atomic E-state index is 12.0. The number of nitrogens with two attached hydrogens (primary N) is 1. The van der Waals surface area contributed by atoms with Gasteiger partial charge < -0.3 is 11.1 Å². The summed E-state index contributed by atoms with van der Waals surface area (Å²) in [5.74, 6) is 0.815. The Labute approximate surface area is 115 Å². The van der Waals surface area contributed by atoms with Crippen LogP contribution in [0.1, 0.15) is 38.7 Å². The van der Waals surface area contributed by atoms with Gasteiger partial charge in [0.25, 0.3) is 0 Å². The molecule has 2 unspecified atom stereocenters. The van der Waals surface area contributed by atoms with Crippen LogP contribution in [0.15, 0.2) is 24.3 Å². The lowest BCUT2D eigenvalue weighted by atomic mass is 9.71. The van der Waals surface area contributed by atoms with Gasteiger partial charge in [0.05, 0.1) is 0 Å². The summed E-state index contributed by atoms with van der Waals surface area (Å²) in [5, 5.41) is 3.41. The van der Waals surface area contributed by atoms with Crippen LogP contribution in [-0.2, 0) is 4.79 Å². The van der Waals surface area contributed by atoms with Gasteiger partial charge in [-0.2, -0.15) is 0 Å². The lowest BCUT2D eigenvalue weighted by molar-refractivity contribution is -0.124. The number of carbonyl (C=O) groups is 1. The van der Waals surface area contributed by atoms with Gasteiger partial charge in [0.1, 0.15) is 5.54 Å². The van der Waals surface area contributed by atoms with Crippen LogP contribution in [0.2, 0.25) is 0 Å². The lowest BCUT2D eigenvalue weighted by Gasteiger charge is -2.41. The molecule has 2 rings (SSSR count). The topological polar surface area (TPSA) is 55.1 Å². The molecule has 3 N–H and O–H groups in total. The largest absolute Gasteiger partial charge is 0.371 e.